The van der Waals surface area contributed by atoms with Crippen LogP contribution in [0.5, 0.6) is 0 Å². The van der Waals surface area contributed by atoms with E-state index in [0.29, 0.717) is 5.91 Å². The third-order valence-corrected chi connectivity index (χ3v) is 6.65. The molecule has 0 aromatic carbocycles. The summed E-state index contributed by atoms with van der Waals surface area (Å²) in [7, 11) is 0. The molecule has 5 nitrogen and oxygen atoms in total. The zero-order valence-electron chi connectivity index (χ0n) is 15.6. The Morgan fingerprint density at radius 1 is 1.21 bits per heavy atom. The molecule has 156 valence electrons. The predicted octanol–water partition coefficient (Wildman–Crippen LogP) is 3.61. The zero-order valence-corrected chi connectivity index (χ0v) is 16.4. The summed E-state index contributed by atoms with van der Waals surface area (Å²) in [4.78, 5) is 27.8. The monoisotopic (exact) mass is 418 g/mol. The highest BCUT2D eigenvalue weighted by atomic mass is 32.1. The second-order valence-electron chi connectivity index (χ2n) is 7.88. The van der Waals surface area contributed by atoms with Crippen LogP contribution in [0.1, 0.15) is 37.0 Å². The molecule has 28 heavy (non-hydrogen) atoms. The van der Waals surface area contributed by atoms with Crippen LogP contribution in [0, 0.1) is 11.3 Å². The molecular formula is C19H25F3N2O3S. The van der Waals surface area contributed by atoms with Crippen LogP contribution >= 0.6 is 11.3 Å². The molecule has 0 radical (unpaired) electrons. The Balaban J connectivity index is 0.000000279. The quantitative estimate of drug-likeness (QED) is 0.812. The van der Waals surface area contributed by atoms with E-state index in [1.54, 1.807) is 0 Å². The third kappa shape index (κ3) is 5.26. The van der Waals surface area contributed by atoms with Crippen molar-refractivity contribution in [2.75, 3.05) is 26.2 Å². The minimum Gasteiger partial charge on any atom is -0.475 e. The predicted molar refractivity (Wildman–Crippen MR) is 98.9 cm³/mol. The van der Waals surface area contributed by atoms with Crippen molar-refractivity contribution in [1.29, 1.82) is 0 Å². The van der Waals surface area contributed by atoms with Crippen LogP contribution in [-0.4, -0.2) is 59.1 Å². The minimum atomic E-state index is -5.08. The molecule has 1 N–H and O–H groups in total. The van der Waals surface area contributed by atoms with E-state index in [0.717, 1.165) is 57.9 Å². The molecule has 2 saturated heterocycles. The zero-order chi connectivity index (χ0) is 20.4. The van der Waals surface area contributed by atoms with E-state index >= 15 is 0 Å². The fourth-order valence-electron chi connectivity index (χ4n) is 3.91. The first-order valence-electron chi connectivity index (χ1n) is 9.54. The fraction of sp³-hybridized carbons (Fsp3) is 0.684. The molecule has 1 aliphatic carbocycles. The van der Waals surface area contributed by atoms with Gasteiger partial charge >= 0.3 is 12.1 Å². The van der Waals surface area contributed by atoms with Crippen LogP contribution in [0.25, 0.3) is 0 Å². The lowest BCUT2D eigenvalue weighted by atomic mass is 9.77. The Hall–Kier alpha value is -1.61. The van der Waals surface area contributed by atoms with E-state index in [2.05, 4.69) is 27.3 Å². The second-order valence-corrected chi connectivity index (χ2v) is 8.92. The van der Waals surface area contributed by atoms with Gasteiger partial charge < -0.3 is 10.0 Å². The number of piperidine rings is 1. The maximum Gasteiger partial charge on any atom is 0.490 e. The lowest BCUT2D eigenvalue weighted by molar-refractivity contribution is -0.192. The van der Waals surface area contributed by atoms with Crippen molar-refractivity contribution in [2.24, 2.45) is 11.3 Å². The topological polar surface area (TPSA) is 60.9 Å². The summed E-state index contributed by atoms with van der Waals surface area (Å²) in [5, 5.41) is 9.27. The van der Waals surface area contributed by atoms with Gasteiger partial charge in [0.15, 0.2) is 0 Å². The van der Waals surface area contributed by atoms with Crippen LogP contribution in [0.15, 0.2) is 17.5 Å². The number of halogens is 3. The number of amides is 1. The van der Waals surface area contributed by atoms with Gasteiger partial charge in [-0.2, -0.15) is 13.2 Å². The number of likely N-dealkylation sites (tertiary alicyclic amines) is 2. The van der Waals surface area contributed by atoms with Gasteiger partial charge in [0.1, 0.15) is 0 Å². The van der Waals surface area contributed by atoms with Crippen LogP contribution < -0.4 is 0 Å². The fourth-order valence-corrected chi connectivity index (χ4v) is 4.65. The highest BCUT2D eigenvalue weighted by Crippen LogP contribution is 2.43. The molecule has 0 bridgehead atoms. The molecule has 3 heterocycles. The van der Waals surface area contributed by atoms with Crippen molar-refractivity contribution in [3.05, 3.63) is 22.4 Å². The Morgan fingerprint density at radius 3 is 2.32 bits per heavy atom. The first-order chi connectivity index (χ1) is 13.2. The Labute approximate surface area is 166 Å². The van der Waals surface area contributed by atoms with Crippen molar-refractivity contribution in [3.63, 3.8) is 0 Å². The normalized spacial score (nSPS) is 22.2. The molecule has 2 aliphatic heterocycles. The lowest BCUT2D eigenvalue weighted by Gasteiger charge is -2.37. The summed E-state index contributed by atoms with van der Waals surface area (Å²) in [6.45, 7) is 5.29. The van der Waals surface area contributed by atoms with E-state index < -0.39 is 12.1 Å². The van der Waals surface area contributed by atoms with Gasteiger partial charge in [0.25, 0.3) is 0 Å². The summed E-state index contributed by atoms with van der Waals surface area (Å²) in [5.41, 5.74) is 0.000833. The molecule has 3 fully saturated rings. The number of carbonyl (C=O) groups excluding carboxylic acids is 1. The van der Waals surface area contributed by atoms with E-state index in [4.69, 9.17) is 9.90 Å². The van der Waals surface area contributed by atoms with Crippen molar-refractivity contribution in [3.8, 4) is 0 Å². The van der Waals surface area contributed by atoms with Crippen molar-refractivity contribution in [1.82, 2.24) is 9.80 Å². The number of alkyl halides is 3. The molecule has 0 unspecified atom stereocenters. The molecule has 3 aliphatic rings. The Bertz CT molecular complexity index is 681. The maximum absolute atomic E-state index is 12.8. The molecule has 1 spiro atoms. The molecule has 1 aromatic rings. The second kappa shape index (κ2) is 8.41. The lowest BCUT2D eigenvalue weighted by Crippen LogP contribution is -2.44. The maximum atomic E-state index is 12.8. The van der Waals surface area contributed by atoms with Gasteiger partial charge in [-0.25, -0.2) is 4.79 Å². The van der Waals surface area contributed by atoms with Gasteiger partial charge in [0.2, 0.25) is 5.91 Å². The molecule has 1 aromatic heterocycles. The molecule has 1 saturated carbocycles. The van der Waals surface area contributed by atoms with Gasteiger partial charge in [-0.3, -0.25) is 9.69 Å². The SMILES string of the molecule is O=C(O)C(F)(F)F.O=C1N(CC2CC2)CCC12CCN(Cc1cccs1)CC2. The van der Waals surface area contributed by atoms with Gasteiger partial charge in [-0.1, -0.05) is 6.07 Å². The first kappa shape index (κ1) is 21.1. The average Bonchev–Trinajstić information content (AvgIpc) is 3.23. The van der Waals surface area contributed by atoms with Crippen LogP contribution in [-0.2, 0) is 16.1 Å². The molecule has 0 atom stereocenters. The third-order valence-electron chi connectivity index (χ3n) is 5.79. The highest BCUT2D eigenvalue weighted by Gasteiger charge is 2.48. The largest absolute Gasteiger partial charge is 0.490 e. The summed E-state index contributed by atoms with van der Waals surface area (Å²) < 4.78 is 31.7. The number of hydrogen-bond acceptors (Lipinski definition) is 4. The number of nitrogens with zero attached hydrogens (tertiary/aromatic N) is 2. The highest BCUT2D eigenvalue weighted by molar-refractivity contribution is 7.09. The Morgan fingerprint density at radius 2 is 1.82 bits per heavy atom. The van der Waals surface area contributed by atoms with E-state index in [1.807, 2.05) is 11.3 Å². The van der Waals surface area contributed by atoms with Crippen LogP contribution in [0.3, 0.4) is 0 Å². The van der Waals surface area contributed by atoms with E-state index in [-0.39, 0.29) is 5.41 Å². The van der Waals surface area contributed by atoms with Gasteiger partial charge in [-0.05, 0) is 62.6 Å². The van der Waals surface area contributed by atoms with Crippen LogP contribution in [0.4, 0.5) is 13.2 Å². The van der Waals surface area contributed by atoms with Crippen molar-refractivity contribution >= 4 is 23.2 Å². The van der Waals surface area contributed by atoms with E-state index in [1.165, 1.54) is 17.7 Å². The standard InChI is InChI=1S/C17H24N2OS.C2HF3O2/c20-16-17(7-10-19(16)12-14-3-4-14)5-8-18(9-6-17)13-15-2-1-11-21-15;3-2(4,5)1(6)7/h1-2,11,14H,3-10,12-13H2;(H,6,7). The van der Waals surface area contributed by atoms with Crippen LogP contribution in [0.2, 0.25) is 0 Å². The summed E-state index contributed by atoms with van der Waals surface area (Å²) in [5.74, 6) is -1.46. The smallest absolute Gasteiger partial charge is 0.475 e. The van der Waals surface area contributed by atoms with Gasteiger partial charge in [0, 0.05) is 24.5 Å². The molecule has 1 amide bonds. The number of carboxylic acids is 1. The number of thiophene rings is 1. The average molecular weight is 418 g/mol. The van der Waals surface area contributed by atoms with Gasteiger partial charge in [0.05, 0.1) is 5.41 Å². The number of rotatable bonds is 4. The molecule has 9 heteroatoms. The van der Waals surface area contributed by atoms with E-state index in [9.17, 15) is 18.0 Å². The van der Waals surface area contributed by atoms with Crippen molar-refractivity contribution < 1.29 is 27.9 Å². The number of aliphatic carboxylic acids is 1. The Kier molecular flexibility index (Phi) is 6.34. The molecule has 4 rings (SSSR count). The first-order valence-corrected chi connectivity index (χ1v) is 10.4. The number of hydrogen-bond donors (Lipinski definition) is 1. The van der Waals surface area contributed by atoms with Gasteiger partial charge in [-0.15, -0.1) is 11.3 Å². The summed E-state index contributed by atoms with van der Waals surface area (Å²) in [6.07, 6.45) is 0.832. The minimum absolute atomic E-state index is 0.000833. The summed E-state index contributed by atoms with van der Waals surface area (Å²) in [6, 6.07) is 4.34. The summed E-state index contributed by atoms with van der Waals surface area (Å²) >= 11 is 1.84. The number of carboxylic acid groups (broad SMARTS) is 1. The molecular weight excluding hydrogens is 393 g/mol. The number of carbonyl (C=O) groups is 2. The van der Waals surface area contributed by atoms with Crippen molar-refractivity contribution in [2.45, 2.75) is 44.8 Å².